The average Bonchev–Trinajstić information content (AvgIpc) is 3.07. The molecule has 0 radical (unpaired) electrons. The molecule has 0 fully saturated rings. The van der Waals surface area contributed by atoms with E-state index in [9.17, 15) is 0 Å². The predicted octanol–water partition coefficient (Wildman–Crippen LogP) is 1.77. The van der Waals surface area contributed by atoms with Gasteiger partial charge in [0.05, 0.1) is 6.54 Å². The van der Waals surface area contributed by atoms with Crippen LogP contribution < -0.4 is 5.32 Å². The van der Waals surface area contributed by atoms with Crippen molar-refractivity contribution in [1.82, 2.24) is 24.4 Å². The van der Waals surface area contributed by atoms with Crippen molar-refractivity contribution >= 4 is 0 Å². The standard InChI is InChI=1S/C14H21N5/c1-2-18-8-5-16-13(18)11-15-10-12-4-3-7-19-9-6-17-14(12)19/h5-6,8-9,12,15H,2-4,7,10-11H2,1H3/t12-/m0/s1. The molecule has 1 aliphatic rings. The van der Waals surface area contributed by atoms with Gasteiger partial charge in [0.2, 0.25) is 0 Å². The first kappa shape index (κ1) is 12.4. The second-order valence-corrected chi connectivity index (χ2v) is 5.08. The molecule has 0 spiro atoms. The fourth-order valence-corrected chi connectivity index (χ4v) is 2.85. The molecule has 5 nitrogen and oxygen atoms in total. The fourth-order valence-electron chi connectivity index (χ4n) is 2.85. The zero-order valence-corrected chi connectivity index (χ0v) is 11.4. The van der Waals surface area contributed by atoms with Gasteiger partial charge in [0.1, 0.15) is 11.6 Å². The Morgan fingerprint density at radius 1 is 1.32 bits per heavy atom. The van der Waals surface area contributed by atoms with Crippen LogP contribution in [0.3, 0.4) is 0 Å². The third kappa shape index (κ3) is 2.56. The average molecular weight is 259 g/mol. The Hall–Kier alpha value is -1.62. The molecule has 19 heavy (non-hydrogen) atoms. The van der Waals surface area contributed by atoms with Gasteiger partial charge in [-0.2, -0.15) is 0 Å². The van der Waals surface area contributed by atoms with Crippen LogP contribution in [0.25, 0.3) is 0 Å². The fraction of sp³-hybridized carbons (Fsp3) is 0.571. The first-order valence-corrected chi connectivity index (χ1v) is 7.10. The lowest BCUT2D eigenvalue weighted by Gasteiger charge is -2.23. The highest BCUT2D eigenvalue weighted by atomic mass is 15.1. The van der Waals surface area contributed by atoms with Gasteiger partial charge < -0.3 is 14.5 Å². The van der Waals surface area contributed by atoms with Crippen molar-refractivity contribution in [3.63, 3.8) is 0 Å². The molecule has 0 saturated carbocycles. The minimum absolute atomic E-state index is 0.536. The van der Waals surface area contributed by atoms with Crippen molar-refractivity contribution in [2.75, 3.05) is 6.54 Å². The largest absolute Gasteiger partial charge is 0.335 e. The molecule has 0 bridgehead atoms. The van der Waals surface area contributed by atoms with Gasteiger partial charge in [0.15, 0.2) is 0 Å². The van der Waals surface area contributed by atoms with Crippen molar-refractivity contribution in [2.24, 2.45) is 0 Å². The van der Waals surface area contributed by atoms with Gasteiger partial charge in [-0.15, -0.1) is 0 Å². The second-order valence-electron chi connectivity index (χ2n) is 5.08. The van der Waals surface area contributed by atoms with Crippen molar-refractivity contribution in [3.05, 3.63) is 36.4 Å². The Morgan fingerprint density at radius 2 is 2.21 bits per heavy atom. The number of aryl methyl sites for hydroxylation is 2. The summed E-state index contributed by atoms with van der Waals surface area (Å²) in [5.41, 5.74) is 0. The summed E-state index contributed by atoms with van der Waals surface area (Å²) in [5.74, 6) is 2.88. The lowest BCUT2D eigenvalue weighted by atomic mass is 9.99. The van der Waals surface area contributed by atoms with Gasteiger partial charge in [-0.25, -0.2) is 9.97 Å². The summed E-state index contributed by atoms with van der Waals surface area (Å²) in [6.45, 7) is 6.05. The molecule has 0 amide bonds. The molecular weight excluding hydrogens is 238 g/mol. The van der Waals surface area contributed by atoms with E-state index < -0.39 is 0 Å². The van der Waals surface area contributed by atoms with Crippen LogP contribution in [0.15, 0.2) is 24.8 Å². The summed E-state index contributed by atoms with van der Waals surface area (Å²) in [7, 11) is 0. The Kier molecular flexibility index (Phi) is 3.64. The Labute approximate surface area is 113 Å². The molecule has 0 aromatic carbocycles. The number of nitrogens with zero attached hydrogens (tertiary/aromatic N) is 4. The molecule has 0 unspecified atom stereocenters. The summed E-state index contributed by atoms with van der Waals surface area (Å²) < 4.78 is 4.46. The minimum Gasteiger partial charge on any atom is -0.335 e. The molecule has 2 aromatic heterocycles. The normalized spacial score (nSPS) is 18.5. The van der Waals surface area contributed by atoms with E-state index in [4.69, 9.17) is 0 Å². The molecule has 1 aliphatic heterocycles. The number of rotatable bonds is 5. The zero-order chi connectivity index (χ0) is 13.1. The van der Waals surface area contributed by atoms with E-state index in [0.717, 1.165) is 32.0 Å². The Bertz CT molecular complexity index is 527. The molecule has 3 rings (SSSR count). The van der Waals surface area contributed by atoms with E-state index >= 15 is 0 Å². The minimum atomic E-state index is 0.536. The van der Waals surface area contributed by atoms with Gasteiger partial charge in [-0.3, -0.25) is 0 Å². The first-order valence-electron chi connectivity index (χ1n) is 7.10. The number of hydrogen-bond acceptors (Lipinski definition) is 3. The van der Waals surface area contributed by atoms with Crippen LogP contribution in [0.1, 0.15) is 37.3 Å². The van der Waals surface area contributed by atoms with Gasteiger partial charge in [0, 0.05) is 50.3 Å². The highest BCUT2D eigenvalue weighted by Crippen LogP contribution is 2.24. The van der Waals surface area contributed by atoms with Crippen molar-refractivity contribution in [2.45, 2.75) is 45.3 Å². The van der Waals surface area contributed by atoms with E-state index in [2.05, 4.69) is 37.5 Å². The van der Waals surface area contributed by atoms with Gasteiger partial charge in [-0.05, 0) is 19.8 Å². The van der Waals surface area contributed by atoms with Crippen LogP contribution in [0.5, 0.6) is 0 Å². The van der Waals surface area contributed by atoms with Crippen LogP contribution in [0, 0.1) is 0 Å². The van der Waals surface area contributed by atoms with Crippen LogP contribution in [-0.4, -0.2) is 25.6 Å². The summed E-state index contributed by atoms with van der Waals surface area (Å²) in [4.78, 5) is 8.87. The summed E-state index contributed by atoms with van der Waals surface area (Å²) >= 11 is 0. The molecule has 1 N–H and O–H groups in total. The monoisotopic (exact) mass is 259 g/mol. The molecular formula is C14H21N5. The molecule has 102 valence electrons. The van der Waals surface area contributed by atoms with Crippen molar-refractivity contribution in [1.29, 1.82) is 0 Å². The van der Waals surface area contributed by atoms with Crippen molar-refractivity contribution in [3.8, 4) is 0 Å². The van der Waals surface area contributed by atoms with E-state index in [1.165, 1.54) is 18.7 Å². The van der Waals surface area contributed by atoms with E-state index in [1.807, 2.05) is 18.6 Å². The second kappa shape index (κ2) is 5.57. The quantitative estimate of drug-likeness (QED) is 0.890. The number of hydrogen-bond donors (Lipinski definition) is 1. The summed E-state index contributed by atoms with van der Waals surface area (Å²) in [6.07, 6.45) is 10.4. The van der Waals surface area contributed by atoms with E-state index in [-0.39, 0.29) is 0 Å². The topological polar surface area (TPSA) is 47.7 Å². The number of nitrogens with one attached hydrogen (secondary N) is 1. The highest BCUT2D eigenvalue weighted by Gasteiger charge is 2.20. The van der Waals surface area contributed by atoms with Crippen LogP contribution in [-0.2, 0) is 19.6 Å². The molecule has 1 atom stereocenters. The lowest BCUT2D eigenvalue weighted by Crippen LogP contribution is -2.27. The first-order chi connectivity index (χ1) is 9.38. The van der Waals surface area contributed by atoms with E-state index in [0.29, 0.717) is 5.92 Å². The maximum atomic E-state index is 4.49. The van der Waals surface area contributed by atoms with Gasteiger partial charge >= 0.3 is 0 Å². The summed E-state index contributed by atoms with van der Waals surface area (Å²) in [5, 5.41) is 3.53. The van der Waals surface area contributed by atoms with Gasteiger partial charge in [0.25, 0.3) is 0 Å². The summed E-state index contributed by atoms with van der Waals surface area (Å²) in [6, 6.07) is 0. The molecule has 5 heteroatoms. The molecule has 2 aromatic rings. The van der Waals surface area contributed by atoms with Crippen LogP contribution in [0.4, 0.5) is 0 Å². The maximum Gasteiger partial charge on any atom is 0.122 e. The number of imidazole rings is 2. The number of fused-ring (bicyclic) bond motifs is 1. The van der Waals surface area contributed by atoms with Gasteiger partial charge in [-0.1, -0.05) is 0 Å². The Morgan fingerprint density at radius 3 is 3.11 bits per heavy atom. The predicted molar refractivity (Wildman–Crippen MR) is 73.8 cm³/mol. The van der Waals surface area contributed by atoms with Crippen LogP contribution in [0.2, 0.25) is 0 Å². The van der Waals surface area contributed by atoms with Crippen molar-refractivity contribution < 1.29 is 0 Å². The molecule has 0 saturated heterocycles. The van der Waals surface area contributed by atoms with Crippen LogP contribution >= 0.6 is 0 Å². The SMILES string of the molecule is CCn1ccnc1CNC[C@@H]1CCCn2ccnc21. The third-order valence-corrected chi connectivity index (χ3v) is 3.88. The zero-order valence-electron chi connectivity index (χ0n) is 11.4. The highest BCUT2D eigenvalue weighted by molar-refractivity contribution is 5.04. The smallest absolute Gasteiger partial charge is 0.122 e. The molecule has 3 heterocycles. The third-order valence-electron chi connectivity index (χ3n) is 3.88. The maximum absolute atomic E-state index is 4.49. The lowest BCUT2D eigenvalue weighted by molar-refractivity contribution is 0.419. The number of aromatic nitrogens is 4. The Balaban J connectivity index is 1.57. The molecule has 0 aliphatic carbocycles. The van der Waals surface area contributed by atoms with E-state index in [1.54, 1.807) is 0 Å².